The fraction of sp³-hybridized carbons (Fsp3) is 0.857. The molecule has 18 heteroatoms. The highest BCUT2D eigenvalue weighted by Crippen LogP contribution is 2.58. The SMILES string of the molecule is C=CCC(CC(F)(F)C(F)(F)C(F)(F)C(F)(F)F)CC(F)(F)C(F)(F)C(F)(F)C(F)(F)F. The molecule has 0 saturated carbocycles. The number of allylic oxidation sites excluding steroid dienone is 1. The molecule has 0 bridgehead atoms. The maximum absolute atomic E-state index is 13.6. The minimum absolute atomic E-state index is 0.191. The van der Waals surface area contributed by atoms with Crippen LogP contribution in [0.2, 0.25) is 0 Å². The van der Waals surface area contributed by atoms with Crippen molar-refractivity contribution in [1.29, 1.82) is 0 Å². The topological polar surface area (TPSA) is 0 Å². The molecule has 32 heavy (non-hydrogen) atoms. The van der Waals surface area contributed by atoms with E-state index in [1.165, 1.54) is 0 Å². The Kier molecular flexibility index (Phi) is 7.96. The van der Waals surface area contributed by atoms with Gasteiger partial charge in [-0.2, -0.15) is 79.0 Å². The van der Waals surface area contributed by atoms with Crippen molar-refractivity contribution in [2.45, 2.75) is 67.2 Å². The lowest BCUT2D eigenvalue weighted by Crippen LogP contribution is -2.62. The van der Waals surface area contributed by atoms with Gasteiger partial charge in [-0.3, -0.25) is 0 Å². The van der Waals surface area contributed by atoms with Crippen LogP contribution in [0.3, 0.4) is 0 Å². The lowest BCUT2D eigenvalue weighted by molar-refractivity contribution is -0.402. The molecule has 0 spiro atoms. The summed E-state index contributed by atoms with van der Waals surface area (Å²) in [6.45, 7) is 2.64. The van der Waals surface area contributed by atoms with Gasteiger partial charge in [0.15, 0.2) is 0 Å². The first-order valence-electron chi connectivity index (χ1n) is 7.65. The molecule has 0 unspecified atom stereocenters. The number of hydrogen-bond acceptors (Lipinski definition) is 0. The zero-order valence-electron chi connectivity index (χ0n) is 14.8. The monoisotopic (exact) mass is 520 g/mol. The molecule has 0 atom stereocenters. The second kappa shape index (κ2) is 8.36. The van der Waals surface area contributed by atoms with E-state index in [9.17, 15) is 79.0 Å². The fourth-order valence-corrected chi connectivity index (χ4v) is 2.27. The van der Waals surface area contributed by atoms with Crippen LogP contribution in [0.4, 0.5) is 79.0 Å². The molecular weight excluding hydrogens is 510 g/mol. The second-order valence-electron chi connectivity index (χ2n) is 6.50. The zero-order chi connectivity index (χ0) is 26.4. The van der Waals surface area contributed by atoms with Gasteiger partial charge < -0.3 is 0 Å². The van der Waals surface area contributed by atoms with Crippen molar-refractivity contribution >= 4 is 0 Å². The van der Waals surface area contributed by atoms with Gasteiger partial charge in [0.05, 0.1) is 0 Å². The van der Waals surface area contributed by atoms with Gasteiger partial charge >= 0.3 is 47.9 Å². The molecule has 0 amide bonds. The Morgan fingerprint density at radius 3 is 0.906 bits per heavy atom. The summed E-state index contributed by atoms with van der Waals surface area (Å²) < 4.78 is 231. The van der Waals surface area contributed by atoms with Gasteiger partial charge in [-0.25, -0.2) is 0 Å². The molecule has 0 aliphatic heterocycles. The molecule has 0 aromatic rings. The van der Waals surface area contributed by atoms with Crippen LogP contribution < -0.4 is 0 Å². The van der Waals surface area contributed by atoms with E-state index in [2.05, 4.69) is 6.58 Å². The maximum atomic E-state index is 13.6. The van der Waals surface area contributed by atoms with Crippen LogP contribution in [-0.4, -0.2) is 47.9 Å². The van der Waals surface area contributed by atoms with Crippen molar-refractivity contribution in [1.82, 2.24) is 0 Å². The van der Waals surface area contributed by atoms with Crippen molar-refractivity contribution in [3.05, 3.63) is 12.7 Å². The van der Waals surface area contributed by atoms with Crippen LogP contribution in [0.15, 0.2) is 12.7 Å². The molecule has 0 aliphatic carbocycles. The van der Waals surface area contributed by atoms with Gasteiger partial charge in [0.25, 0.3) is 0 Å². The highest BCUT2D eigenvalue weighted by molar-refractivity contribution is 5.04. The molecule has 0 saturated heterocycles. The zero-order valence-corrected chi connectivity index (χ0v) is 14.8. The molecule has 0 heterocycles. The average Bonchev–Trinajstić information content (AvgIpc) is 2.51. The molecule has 192 valence electrons. The minimum atomic E-state index is -7.47. The van der Waals surface area contributed by atoms with Gasteiger partial charge in [-0.15, -0.1) is 6.58 Å². The van der Waals surface area contributed by atoms with Gasteiger partial charge in [0.1, 0.15) is 0 Å². The Labute approximate surface area is 166 Å². The first-order valence-corrected chi connectivity index (χ1v) is 7.65. The van der Waals surface area contributed by atoms with E-state index in [1.807, 2.05) is 0 Å². The molecule has 0 nitrogen and oxygen atoms in total. The molecule has 0 radical (unpaired) electrons. The van der Waals surface area contributed by atoms with Crippen molar-refractivity contribution in [2.24, 2.45) is 5.92 Å². The first kappa shape index (κ1) is 30.5. The summed E-state index contributed by atoms with van der Waals surface area (Å²) in [5, 5.41) is 0. The van der Waals surface area contributed by atoms with E-state index in [0.29, 0.717) is 0 Å². The first-order chi connectivity index (χ1) is 13.6. The van der Waals surface area contributed by atoms with E-state index in [4.69, 9.17) is 0 Å². The molecule has 0 rings (SSSR count). The summed E-state index contributed by atoms with van der Waals surface area (Å²) in [6.07, 6.45) is -22.3. The van der Waals surface area contributed by atoms with Crippen LogP contribution in [0.1, 0.15) is 19.3 Å². The summed E-state index contributed by atoms with van der Waals surface area (Å²) in [5.41, 5.74) is 0. The van der Waals surface area contributed by atoms with E-state index in [1.54, 1.807) is 0 Å². The molecule has 0 aromatic heterocycles. The molecular formula is C14H10F18. The quantitative estimate of drug-likeness (QED) is 0.203. The van der Waals surface area contributed by atoms with Gasteiger partial charge in [0, 0.05) is 12.8 Å². The maximum Gasteiger partial charge on any atom is 0.460 e. The Morgan fingerprint density at radius 1 is 0.469 bits per heavy atom. The molecule has 0 aliphatic rings. The van der Waals surface area contributed by atoms with E-state index in [0.717, 1.165) is 0 Å². The van der Waals surface area contributed by atoms with E-state index >= 15 is 0 Å². The molecule has 0 N–H and O–H groups in total. The highest BCUT2D eigenvalue weighted by atomic mass is 19.4. The van der Waals surface area contributed by atoms with Crippen LogP contribution in [0, 0.1) is 5.92 Å². The van der Waals surface area contributed by atoms with Gasteiger partial charge in [0.2, 0.25) is 0 Å². The van der Waals surface area contributed by atoms with Crippen LogP contribution >= 0.6 is 0 Å². The normalized spacial score (nSPS) is 16.0. The summed E-state index contributed by atoms with van der Waals surface area (Å²) in [5.74, 6) is -46.0. The summed E-state index contributed by atoms with van der Waals surface area (Å²) >= 11 is 0. The largest absolute Gasteiger partial charge is 0.460 e. The fourth-order valence-electron chi connectivity index (χ4n) is 2.27. The highest BCUT2D eigenvalue weighted by Gasteiger charge is 2.83. The molecule has 0 aromatic carbocycles. The number of hydrogen-bond donors (Lipinski definition) is 0. The third-order valence-electron chi connectivity index (χ3n) is 4.01. The van der Waals surface area contributed by atoms with Crippen LogP contribution in [0.5, 0.6) is 0 Å². The number of alkyl halides is 18. The lowest BCUT2D eigenvalue weighted by atomic mass is 9.85. The Balaban J connectivity index is 6.15. The van der Waals surface area contributed by atoms with Crippen molar-refractivity contribution in [3.63, 3.8) is 0 Å². The van der Waals surface area contributed by atoms with Crippen LogP contribution in [0.25, 0.3) is 0 Å². The third kappa shape index (κ3) is 5.02. The Morgan fingerprint density at radius 2 is 0.719 bits per heavy atom. The van der Waals surface area contributed by atoms with Crippen molar-refractivity contribution in [3.8, 4) is 0 Å². The Bertz CT molecular complexity index is 600. The van der Waals surface area contributed by atoms with Gasteiger partial charge in [-0.05, 0) is 12.3 Å². The number of rotatable bonds is 10. The minimum Gasteiger partial charge on any atom is -0.200 e. The predicted molar refractivity (Wildman–Crippen MR) is 69.3 cm³/mol. The number of halogens is 18. The van der Waals surface area contributed by atoms with Gasteiger partial charge in [-0.1, -0.05) is 6.08 Å². The van der Waals surface area contributed by atoms with Crippen molar-refractivity contribution in [2.75, 3.05) is 0 Å². The second-order valence-corrected chi connectivity index (χ2v) is 6.50. The Hall–Kier alpha value is -1.52. The smallest absolute Gasteiger partial charge is 0.200 e. The summed E-state index contributed by atoms with van der Waals surface area (Å²) in [7, 11) is 0. The summed E-state index contributed by atoms with van der Waals surface area (Å²) in [6, 6.07) is 0. The predicted octanol–water partition coefficient (Wildman–Crippen LogP) is 7.90. The lowest BCUT2D eigenvalue weighted by Gasteiger charge is -2.37. The van der Waals surface area contributed by atoms with E-state index < -0.39 is 73.1 Å². The van der Waals surface area contributed by atoms with Crippen molar-refractivity contribution < 1.29 is 79.0 Å². The van der Waals surface area contributed by atoms with Crippen LogP contribution in [-0.2, 0) is 0 Å². The van der Waals surface area contributed by atoms with E-state index in [-0.39, 0.29) is 6.08 Å². The third-order valence-corrected chi connectivity index (χ3v) is 4.01. The average molecular weight is 520 g/mol. The molecule has 0 fully saturated rings. The standard InChI is InChI=1S/C14H10F18/c1-2-3-6(4-7(15,16)9(19,20)11(23,24)13(27,28)29)5-8(17,18)10(21,22)12(25,26)14(30,31)32/h2,6H,1,3-5H2. The summed E-state index contributed by atoms with van der Waals surface area (Å²) in [4.78, 5) is 0.